The van der Waals surface area contributed by atoms with E-state index in [2.05, 4.69) is 82.6 Å². The summed E-state index contributed by atoms with van der Waals surface area (Å²) >= 11 is 3.67. The van der Waals surface area contributed by atoms with Crippen molar-refractivity contribution in [1.29, 1.82) is 0 Å². The molecule has 0 saturated carbocycles. The summed E-state index contributed by atoms with van der Waals surface area (Å²) in [6.07, 6.45) is 0. The zero-order valence-corrected chi connectivity index (χ0v) is 13.1. The predicted molar refractivity (Wildman–Crippen MR) is 86.1 cm³/mol. The van der Waals surface area contributed by atoms with Gasteiger partial charge in [0.05, 0.1) is 5.69 Å². The van der Waals surface area contributed by atoms with Gasteiger partial charge in [0.1, 0.15) is 0 Å². The number of para-hydroxylation sites is 1. The highest BCUT2D eigenvalue weighted by molar-refractivity contribution is 9.10. The summed E-state index contributed by atoms with van der Waals surface area (Å²) in [4.78, 5) is 2.18. The van der Waals surface area contributed by atoms with Crippen LogP contribution in [0, 0.1) is 0 Å². The number of nitrogens with one attached hydrogen (secondary N) is 1. The predicted octanol–water partition coefficient (Wildman–Crippen LogP) is 4.50. The fourth-order valence-electron chi connectivity index (χ4n) is 2.02. The Balaban J connectivity index is 2.31. The van der Waals surface area contributed by atoms with E-state index in [4.69, 9.17) is 0 Å². The van der Waals surface area contributed by atoms with Gasteiger partial charge in [-0.3, -0.25) is 0 Å². The summed E-state index contributed by atoms with van der Waals surface area (Å²) in [5, 5.41) is 3.25. The largest absolute Gasteiger partial charge is 0.344 e. The third-order valence-electron chi connectivity index (χ3n) is 3.41. The second-order valence-electron chi connectivity index (χ2n) is 4.62. The number of rotatable bonds is 4. The van der Waals surface area contributed by atoms with E-state index in [-0.39, 0.29) is 0 Å². The zero-order valence-electron chi connectivity index (χ0n) is 11.5. The molecule has 2 aromatic rings. The van der Waals surface area contributed by atoms with Crippen molar-refractivity contribution in [3.63, 3.8) is 0 Å². The Hall–Kier alpha value is -1.32. The number of hydrogen-bond donors (Lipinski definition) is 1. The number of nitrogens with zero attached hydrogens (tertiary/aromatic N) is 1. The van der Waals surface area contributed by atoms with Crippen molar-refractivity contribution >= 4 is 27.3 Å². The van der Waals surface area contributed by atoms with E-state index < -0.39 is 0 Å². The molecule has 0 fully saturated rings. The smallest absolute Gasteiger partial charge is 0.0552 e. The quantitative estimate of drug-likeness (QED) is 0.893. The Morgan fingerprint density at radius 3 is 2.37 bits per heavy atom. The minimum atomic E-state index is 0.354. The van der Waals surface area contributed by atoms with Crippen LogP contribution in [0.15, 0.2) is 53.0 Å². The fraction of sp³-hybridized carbons (Fsp3) is 0.250. The lowest BCUT2D eigenvalue weighted by atomic mass is 10.1. The molecule has 0 aliphatic heterocycles. The maximum Gasteiger partial charge on any atom is 0.0552 e. The highest BCUT2D eigenvalue weighted by atomic mass is 79.9. The van der Waals surface area contributed by atoms with Crippen LogP contribution < -0.4 is 10.2 Å². The van der Waals surface area contributed by atoms with Crippen LogP contribution in [0.1, 0.15) is 18.5 Å². The third-order valence-corrected chi connectivity index (χ3v) is 4.04. The lowest BCUT2D eigenvalue weighted by Gasteiger charge is -2.22. The third kappa shape index (κ3) is 3.17. The fourth-order valence-corrected chi connectivity index (χ4v) is 2.68. The molecule has 0 amide bonds. The summed E-state index contributed by atoms with van der Waals surface area (Å²) in [5.41, 5.74) is 3.62. The van der Waals surface area contributed by atoms with Crippen molar-refractivity contribution in [2.75, 3.05) is 19.0 Å². The van der Waals surface area contributed by atoms with Crippen LogP contribution in [-0.2, 0) is 0 Å². The topological polar surface area (TPSA) is 15.3 Å². The Morgan fingerprint density at radius 1 is 1.11 bits per heavy atom. The minimum Gasteiger partial charge on any atom is -0.344 e. The molecule has 2 nitrogen and oxygen atoms in total. The van der Waals surface area contributed by atoms with Crippen molar-refractivity contribution in [3.05, 3.63) is 58.6 Å². The molecule has 0 aromatic heterocycles. The number of anilines is 2. The van der Waals surface area contributed by atoms with Crippen LogP contribution in [0.25, 0.3) is 0 Å². The highest BCUT2D eigenvalue weighted by Gasteiger charge is 2.10. The van der Waals surface area contributed by atoms with E-state index in [1.54, 1.807) is 0 Å². The maximum atomic E-state index is 3.67. The molecule has 0 heterocycles. The van der Waals surface area contributed by atoms with E-state index in [9.17, 15) is 0 Å². The first-order valence-electron chi connectivity index (χ1n) is 6.39. The minimum absolute atomic E-state index is 0.354. The first kappa shape index (κ1) is 14.1. The van der Waals surface area contributed by atoms with Gasteiger partial charge in [-0.25, -0.2) is 0 Å². The molecular weight excluding hydrogens is 300 g/mol. The molecule has 1 unspecified atom stereocenters. The maximum absolute atomic E-state index is 3.67. The van der Waals surface area contributed by atoms with Crippen LogP contribution >= 0.6 is 15.9 Å². The van der Waals surface area contributed by atoms with Crippen molar-refractivity contribution in [2.24, 2.45) is 0 Å². The highest BCUT2D eigenvalue weighted by Crippen LogP contribution is 2.32. The first-order chi connectivity index (χ1) is 9.13. The standard InChI is InChI=1S/C16H19BrN2/c1-12(18-2)13-9-10-16(15(17)11-13)19(3)14-7-5-4-6-8-14/h4-12,18H,1-3H3. The van der Waals surface area contributed by atoms with E-state index in [0.717, 1.165) is 4.47 Å². The number of halogens is 1. The Morgan fingerprint density at radius 2 is 1.79 bits per heavy atom. The molecule has 1 N–H and O–H groups in total. The molecule has 19 heavy (non-hydrogen) atoms. The van der Waals surface area contributed by atoms with Crippen LogP contribution in [-0.4, -0.2) is 14.1 Å². The van der Waals surface area contributed by atoms with Gasteiger partial charge in [0, 0.05) is 23.2 Å². The summed E-state index contributed by atoms with van der Waals surface area (Å²) < 4.78 is 1.11. The molecule has 3 heteroatoms. The van der Waals surface area contributed by atoms with Crippen LogP contribution in [0.2, 0.25) is 0 Å². The van der Waals surface area contributed by atoms with Crippen LogP contribution in [0.3, 0.4) is 0 Å². The van der Waals surface area contributed by atoms with Gasteiger partial charge in [-0.15, -0.1) is 0 Å². The zero-order chi connectivity index (χ0) is 13.8. The SMILES string of the molecule is CNC(C)c1ccc(N(C)c2ccccc2)c(Br)c1. The van der Waals surface area contributed by atoms with Crippen molar-refractivity contribution in [2.45, 2.75) is 13.0 Å². The first-order valence-corrected chi connectivity index (χ1v) is 7.18. The molecule has 0 aliphatic carbocycles. The number of hydrogen-bond acceptors (Lipinski definition) is 2. The number of benzene rings is 2. The average molecular weight is 319 g/mol. The van der Waals surface area contributed by atoms with Gasteiger partial charge in [-0.05, 0) is 59.7 Å². The Kier molecular flexibility index (Phi) is 4.61. The van der Waals surface area contributed by atoms with Gasteiger partial charge in [-0.1, -0.05) is 24.3 Å². The molecule has 100 valence electrons. The van der Waals surface area contributed by atoms with E-state index >= 15 is 0 Å². The lowest BCUT2D eigenvalue weighted by molar-refractivity contribution is 0.652. The van der Waals surface area contributed by atoms with Gasteiger partial charge >= 0.3 is 0 Å². The van der Waals surface area contributed by atoms with Crippen LogP contribution in [0.5, 0.6) is 0 Å². The second-order valence-corrected chi connectivity index (χ2v) is 5.47. The van der Waals surface area contributed by atoms with Gasteiger partial charge in [0.2, 0.25) is 0 Å². The average Bonchev–Trinajstić information content (AvgIpc) is 2.46. The van der Waals surface area contributed by atoms with E-state index in [1.807, 2.05) is 13.1 Å². The Bertz CT molecular complexity index is 540. The molecular formula is C16H19BrN2. The van der Waals surface area contributed by atoms with Gasteiger partial charge in [-0.2, -0.15) is 0 Å². The normalized spacial score (nSPS) is 12.2. The van der Waals surface area contributed by atoms with Gasteiger partial charge < -0.3 is 10.2 Å². The second kappa shape index (κ2) is 6.22. The molecule has 0 radical (unpaired) electrons. The summed E-state index contributed by atoms with van der Waals surface area (Å²) in [7, 11) is 4.05. The molecule has 0 saturated heterocycles. The van der Waals surface area contributed by atoms with Gasteiger partial charge in [0.25, 0.3) is 0 Å². The summed E-state index contributed by atoms with van der Waals surface area (Å²) in [6.45, 7) is 2.16. The molecule has 1 atom stereocenters. The van der Waals surface area contributed by atoms with Crippen molar-refractivity contribution in [3.8, 4) is 0 Å². The summed E-state index contributed by atoms with van der Waals surface area (Å²) in [6, 6.07) is 17.2. The van der Waals surface area contributed by atoms with Crippen molar-refractivity contribution in [1.82, 2.24) is 5.32 Å². The van der Waals surface area contributed by atoms with Crippen LogP contribution in [0.4, 0.5) is 11.4 Å². The molecule has 0 aliphatic rings. The monoisotopic (exact) mass is 318 g/mol. The van der Waals surface area contributed by atoms with Crippen molar-refractivity contribution < 1.29 is 0 Å². The molecule has 0 bridgehead atoms. The molecule has 0 spiro atoms. The van der Waals surface area contributed by atoms with E-state index in [1.165, 1.54) is 16.9 Å². The summed E-state index contributed by atoms with van der Waals surface area (Å²) in [5.74, 6) is 0. The molecule has 2 aromatic carbocycles. The lowest BCUT2D eigenvalue weighted by Crippen LogP contribution is -2.13. The molecule has 2 rings (SSSR count). The Labute approximate surface area is 123 Å². The van der Waals surface area contributed by atoms with Gasteiger partial charge in [0.15, 0.2) is 0 Å². The van der Waals surface area contributed by atoms with E-state index in [0.29, 0.717) is 6.04 Å².